The molecule has 2 aliphatic carbocycles. The van der Waals surface area contributed by atoms with E-state index in [1.807, 2.05) is 0 Å². The molecular formula is C28H44O. The van der Waals surface area contributed by atoms with Gasteiger partial charge in [-0.25, -0.2) is 0 Å². The molecular weight excluding hydrogens is 352 g/mol. The molecule has 1 aromatic carbocycles. The van der Waals surface area contributed by atoms with Crippen molar-refractivity contribution in [3.05, 3.63) is 48.0 Å². The molecule has 0 radical (unpaired) electrons. The lowest BCUT2D eigenvalue weighted by molar-refractivity contribution is 0.118. The van der Waals surface area contributed by atoms with Gasteiger partial charge < -0.3 is 4.74 Å². The minimum atomic E-state index is 0.767. The lowest BCUT2D eigenvalue weighted by Gasteiger charge is -2.38. The third-order valence-electron chi connectivity index (χ3n) is 7.71. The van der Waals surface area contributed by atoms with Crippen LogP contribution in [0.1, 0.15) is 107 Å². The van der Waals surface area contributed by atoms with E-state index < -0.39 is 0 Å². The maximum Gasteiger partial charge on any atom is 0.0716 e. The SMILES string of the molecule is C=CCCCC1CCC(C2CCC(c3ccc(COCCCC)cc3)CC2)CC1. The fraction of sp³-hybridized carbons (Fsp3) is 0.714. The number of allylic oxidation sites excluding steroid dienone is 1. The molecule has 0 atom stereocenters. The molecule has 0 saturated heterocycles. The highest BCUT2D eigenvalue weighted by Crippen LogP contribution is 2.44. The minimum Gasteiger partial charge on any atom is -0.377 e. The molecule has 2 saturated carbocycles. The summed E-state index contributed by atoms with van der Waals surface area (Å²) in [5, 5.41) is 0. The molecule has 0 aliphatic heterocycles. The number of unbranched alkanes of at least 4 members (excludes halogenated alkanes) is 2. The fourth-order valence-electron chi connectivity index (χ4n) is 5.75. The van der Waals surface area contributed by atoms with Gasteiger partial charge in [-0.2, -0.15) is 0 Å². The van der Waals surface area contributed by atoms with Crippen molar-refractivity contribution in [1.29, 1.82) is 0 Å². The summed E-state index contributed by atoms with van der Waals surface area (Å²) >= 11 is 0. The van der Waals surface area contributed by atoms with E-state index in [9.17, 15) is 0 Å². The third kappa shape index (κ3) is 7.28. The first-order valence-corrected chi connectivity index (χ1v) is 12.6. The standard InChI is InChI=1S/C28H44O/c1-3-5-7-8-23-9-13-25(14-10-23)27-17-19-28(20-18-27)26-15-11-24(12-16-26)22-29-21-6-4-2/h3,11-12,15-16,23,25,27-28H,1,4-10,13-14,17-22H2,2H3. The van der Waals surface area contributed by atoms with Gasteiger partial charge in [-0.15, -0.1) is 6.58 Å². The third-order valence-corrected chi connectivity index (χ3v) is 7.71. The molecule has 2 aliphatic rings. The summed E-state index contributed by atoms with van der Waals surface area (Å²) in [6, 6.07) is 9.33. The Kier molecular flexibility index (Phi) is 9.80. The minimum absolute atomic E-state index is 0.767. The first-order valence-electron chi connectivity index (χ1n) is 12.6. The Morgan fingerprint density at radius 1 is 0.897 bits per heavy atom. The molecule has 0 amide bonds. The molecule has 1 nitrogen and oxygen atoms in total. The molecule has 0 bridgehead atoms. The summed E-state index contributed by atoms with van der Waals surface area (Å²) in [4.78, 5) is 0. The lowest BCUT2D eigenvalue weighted by Crippen LogP contribution is -2.25. The average Bonchev–Trinajstić information content (AvgIpc) is 2.78. The zero-order valence-electron chi connectivity index (χ0n) is 18.9. The van der Waals surface area contributed by atoms with E-state index in [-0.39, 0.29) is 0 Å². The van der Waals surface area contributed by atoms with Crippen molar-refractivity contribution in [1.82, 2.24) is 0 Å². The number of rotatable bonds is 11. The Labute approximate surface area is 180 Å². The molecule has 1 heteroatoms. The second-order valence-corrected chi connectivity index (χ2v) is 9.76. The van der Waals surface area contributed by atoms with Crippen LogP contribution in [0.25, 0.3) is 0 Å². The van der Waals surface area contributed by atoms with Gasteiger partial charge >= 0.3 is 0 Å². The molecule has 162 valence electrons. The highest BCUT2D eigenvalue weighted by atomic mass is 16.5. The van der Waals surface area contributed by atoms with Crippen molar-refractivity contribution in [2.24, 2.45) is 17.8 Å². The Bertz CT molecular complexity index is 558. The summed E-state index contributed by atoms with van der Waals surface area (Å²) in [5.74, 6) is 3.82. The van der Waals surface area contributed by atoms with Gasteiger partial charge in [0, 0.05) is 6.61 Å². The first-order chi connectivity index (χ1) is 14.3. The van der Waals surface area contributed by atoms with Gasteiger partial charge in [0.05, 0.1) is 6.61 Å². The Morgan fingerprint density at radius 3 is 2.17 bits per heavy atom. The van der Waals surface area contributed by atoms with Crippen LogP contribution in [0, 0.1) is 17.8 Å². The van der Waals surface area contributed by atoms with E-state index >= 15 is 0 Å². The molecule has 29 heavy (non-hydrogen) atoms. The maximum absolute atomic E-state index is 5.76. The molecule has 3 rings (SSSR count). The molecule has 1 aromatic rings. The zero-order valence-corrected chi connectivity index (χ0v) is 18.9. The molecule has 2 fully saturated rings. The van der Waals surface area contributed by atoms with Gasteiger partial charge in [0.25, 0.3) is 0 Å². The van der Waals surface area contributed by atoms with Crippen LogP contribution in [0.4, 0.5) is 0 Å². The van der Waals surface area contributed by atoms with Crippen LogP contribution in [0.5, 0.6) is 0 Å². The number of ether oxygens (including phenoxy) is 1. The van der Waals surface area contributed by atoms with Crippen LogP contribution >= 0.6 is 0 Å². The molecule has 0 unspecified atom stereocenters. The van der Waals surface area contributed by atoms with Gasteiger partial charge in [-0.3, -0.25) is 0 Å². The van der Waals surface area contributed by atoms with Crippen molar-refractivity contribution in [3.8, 4) is 0 Å². The summed E-state index contributed by atoms with van der Waals surface area (Å²) in [6.45, 7) is 7.73. The van der Waals surface area contributed by atoms with E-state index in [0.717, 1.165) is 43.3 Å². The monoisotopic (exact) mass is 396 g/mol. The van der Waals surface area contributed by atoms with E-state index in [0.29, 0.717) is 0 Å². The predicted molar refractivity (Wildman–Crippen MR) is 125 cm³/mol. The molecule has 0 N–H and O–H groups in total. The Balaban J connectivity index is 1.36. The van der Waals surface area contributed by atoms with Gasteiger partial charge in [-0.1, -0.05) is 62.9 Å². The van der Waals surface area contributed by atoms with Crippen molar-refractivity contribution in [2.75, 3.05) is 6.61 Å². The molecule has 0 spiro atoms. The zero-order chi connectivity index (χ0) is 20.3. The van der Waals surface area contributed by atoms with Gasteiger partial charge in [0.2, 0.25) is 0 Å². The predicted octanol–water partition coefficient (Wildman–Crippen LogP) is 8.44. The number of hydrogen-bond donors (Lipinski definition) is 0. The normalized spacial score (nSPS) is 27.6. The highest BCUT2D eigenvalue weighted by molar-refractivity contribution is 5.25. The van der Waals surface area contributed by atoms with Crippen LogP contribution in [-0.4, -0.2) is 6.61 Å². The van der Waals surface area contributed by atoms with E-state index in [1.165, 1.54) is 82.6 Å². The smallest absolute Gasteiger partial charge is 0.0716 e. The Morgan fingerprint density at radius 2 is 1.55 bits per heavy atom. The second-order valence-electron chi connectivity index (χ2n) is 9.76. The Hall–Kier alpha value is -1.08. The average molecular weight is 397 g/mol. The highest BCUT2D eigenvalue weighted by Gasteiger charge is 2.31. The number of benzene rings is 1. The van der Waals surface area contributed by atoms with Crippen molar-refractivity contribution >= 4 is 0 Å². The van der Waals surface area contributed by atoms with Gasteiger partial charge in [0.15, 0.2) is 0 Å². The fourth-order valence-corrected chi connectivity index (χ4v) is 5.75. The first kappa shape index (κ1) is 22.6. The largest absolute Gasteiger partial charge is 0.377 e. The van der Waals surface area contributed by atoms with Gasteiger partial charge in [0.1, 0.15) is 0 Å². The van der Waals surface area contributed by atoms with Crippen LogP contribution < -0.4 is 0 Å². The van der Waals surface area contributed by atoms with Crippen LogP contribution in [0.2, 0.25) is 0 Å². The quantitative estimate of drug-likeness (QED) is 0.269. The van der Waals surface area contributed by atoms with E-state index in [2.05, 4.69) is 43.8 Å². The number of hydrogen-bond acceptors (Lipinski definition) is 1. The van der Waals surface area contributed by atoms with Crippen LogP contribution in [-0.2, 0) is 11.3 Å². The van der Waals surface area contributed by atoms with E-state index in [4.69, 9.17) is 4.74 Å². The summed E-state index contributed by atoms with van der Waals surface area (Å²) in [7, 11) is 0. The molecule has 0 heterocycles. The second kappa shape index (κ2) is 12.6. The van der Waals surface area contributed by atoms with Crippen LogP contribution in [0.15, 0.2) is 36.9 Å². The summed E-state index contributed by atoms with van der Waals surface area (Å²) in [5.41, 5.74) is 2.88. The topological polar surface area (TPSA) is 9.23 Å². The van der Waals surface area contributed by atoms with Gasteiger partial charge in [-0.05, 0) is 92.6 Å². The maximum atomic E-state index is 5.76. The van der Waals surface area contributed by atoms with Crippen molar-refractivity contribution in [3.63, 3.8) is 0 Å². The van der Waals surface area contributed by atoms with E-state index in [1.54, 1.807) is 5.56 Å². The molecule has 0 aromatic heterocycles. The summed E-state index contributed by atoms with van der Waals surface area (Å²) < 4.78 is 5.76. The van der Waals surface area contributed by atoms with Crippen molar-refractivity contribution < 1.29 is 4.74 Å². The van der Waals surface area contributed by atoms with Crippen LogP contribution in [0.3, 0.4) is 0 Å². The lowest BCUT2D eigenvalue weighted by atomic mass is 9.68. The summed E-state index contributed by atoms with van der Waals surface area (Å²) in [6.07, 6.45) is 20.1. The van der Waals surface area contributed by atoms with Crippen molar-refractivity contribution in [2.45, 2.75) is 103 Å².